The molecular formula is C19H20Cl2O5. The minimum absolute atomic E-state index is 0.406. The number of ether oxygens (including phenoxy) is 4. The van der Waals surface area contributed by atoms with Gasteiger partial charge < -0.3 is 18.9 Å². The molecule has 0 N–H and O–H groups in total. The van der Waals surface area contributed by atoms with Crippen molar-refractivity contribution in [3.8, 4) is 23.0 Å². The first-order chi connectivity index (χ1) is 12.5. The fourth-order valence-corrected chi connectivity index (χ4v) is 2.58. The molecule has 5 nitrogen and oxygen atoms in total. The van der Waals surface area contributed by atoms with Gasteiger partial charge >= 0.3 is 5.97 Å². The molecule has 0 aliphatic carbocycles. The van der Waals surface area contributed by atoms with Crippen molar-refractivity contribution in [3.63, 3.8) is 0 Å². The van der Waals surface area contributed by atoms with Gasteiger partial charge in [0, 0.05) is 0 Å². The van der Waals surface area contributed by atoms with Crippen LogP contribution < -0.4 is 18.9 Å². The zero-order chi connectivity index (χ0) is 19.1. The molecule has 2 aromatic rings. The first-order valence-electron chi connectivity index (χ1n) is 7.86. The monoisotopic (exact) mass is 398 g/mol. The van der Waals surface area contributed by atoms with Gasteiger partial charge in [0.05, 0.1) is 21.3 Å². The van der Waals surface area contributed by atoms with Crippen LogP contribution in [0.5, 0.6) is 23.0 Å². The second kappa shape index (κ2) is 9.55. The average Bonchev–Trinajstić information content (AvgIpc) is 2.65. The van der Waals surface area contributed by atoms with Crippen molar-refractivity contribution in [3.05, 3.63) is 47.5 Å². The third-order valence-corrected chi connectivity index (χ3v) is 4.08. The molecule has 0 amide bonds. The molecule has 2 aromatic carbocycles. The molecule has 26 heavy (non-hydrogen) atoms. The van der Waals surface area contributed by atoms with Gasteiger partial charge in [0.15, 0.2) is 11.5 Å². The molecule has 0 atom stereocenters. The molecule has 0 aliphatic rings. The summed E-state index contributed by atoms with van der Waals surface area (Å²) in [6.45, 7) is 0. The summed E-state index contributed by atoms with van der Waals surface area (Å²) < 4.78 is 21.2. The Morgan fingerprint density at radius 1 is 0.923 bits per heavy atom. The van der Waals surface area contributed by atoms with Crippen molar-refractivity contribution < 1.29 is 23.7 Å². The van der Waals surface area contributed by atoms with Crippen LogP contribution in [0.2, 0.25) is 0 Å². The van der Waals surface area contributed by atoms with E-state index in [0.29, 0.717) is 23.0 Å². The molecule has 140 valence electrons. The third kappa shape index (κ3) is 5.19. The van der Waals surface area contributed by atoms with Gasteiger partial charge in [0.2, 0.25) is 10.6 Å². The lowest BCUT2D eigenvalue weighted by Crippen LogP contribution is -2.15. The second-order valence-electron chi connectivity index (χ2n) is 5.40. The number of benzene rings is 2. The summed E-state index contributed by atoms with van der Waals surface area (Å²) in [5.74, 6) is 1.49. The maximum Gasteiger partial charge on any atom is 0.344 e. The molecule has 0 aliphatic heterocycles. The zero-order valence-electron chi connectivity index (χ0n) is 14.8. The van der Waals surface area contributed by atoms with Crippen molar-refractivity contribution in [1.82, 2.24) is 0 Å². The number of alkyl halides is 2. The van der Waals surface area contributed by atoms with E-state index in [2.05, 4.69) is 0 Å². The summed E-state index contributed by atoms with van der Waals surface area (Å²) in [6.07, 6.45) is 1.47. The van der Waals surface area contributed by atoms with Crippen LogP contribution in [0.1, 0.15) is 11.1 Å². The summed E-state index contributed by atoms with van der Waals surface area (Å²) in [7, 11) is 4.74. The molecule has 0 aromatic heterocycles. The highest BCUT2D eigenvalue weighted by Crippen LogP contribution is 2.38. The highest BCUT2D eigenvalue weighted by molar-refractivity contribution is 6.53. The fraction of sp³-hybridized carbons (Fsp3) is 0.316. The van der Waals surface area contributed by atoms with Crippen LogP contribution in [0.15, 0.2) is 36.4 Å². The van der Waals surface area contributed by atoms with E-state index in [9.17, 15) is 4.79 Å². The standard InChI is InChI=1S/C19H20Cl2O5/c1-23-15-10-13(11-16(24-2)17(15)25-3)8-7-12-5-4-6-14(9-12)26-19(22)18(20)21/h4-6,9-11,18H,7-8H2,1-3H3. The quantitative estimate of drug-likeness (QED) is 0.378. The number of carbonyl (C=O) groups excluding carboxylic acids is 1. The normalized spacial score (nSPS) is 10.5. The van der Waals surface area contributed by atoms with Crippen molar-refractivity contribution >= 4 is 29.2 Å². The Balaban J connectivity index is 2.12. The Kier molecular flexibility index (Phi) is 7.42. The van der Waals surface area contributed by atoms with Crippen LogP contribution in [-0.4, -0.2) is 32.1 Å². The van der Waals surface area contributed by atoms with Crippen molar-refractivity contribution in [2.75, 3.05) is 21.3 Å². The first-order valence-corrected chi connectivity index (χ1v) is 8.73. The molecule has 7 heteroatoms. The maximum absolute atomic E-state index is 11.5. The van der Waals surface area contributed by atoms with E-state index < -0.39 is 10.8 Å². The zero-order valence-corrected chi connectivity index (χ0v) is 16.3. The number of methoxy groups -OCH3 is 3. The van der Waals surface area contributed by atoms with E-state index in [0.717, 1.165) is 24.0 Å². The van der Waals surface area contributed by atoms with Gasteiger partial charge in [-0.2, -0.15) is 0 Å². The Morgan fingerprint density at radius 3 is 2.08 bits per heavy atom. The van der Waals surface area contributed by atoms with Crippen molar-refractivity contribution in [2.24, 2.45) is 0 Å². The van der Waals surface area contributed by atoms with Gasteiger partial charge in [-0.05, 0) is 48.2 Å². The van der Waals surface area contributed by atoms with Crippen molar-refractivity contribution in [1.29, 1.82) is 0 Å². The van der Waals surface area contributed by atoms with Crippen molar-refractivity contribution in [2.45, 2.75) is 17.7 Å². The van der Waals surface area contributed by atoms with Gasteiger partial charge in [-0.3, -0.25) is 0 Å². The number of rotatable bonds is 8. The van der Waals surface area contributed by atoms with Crippen LogP contribution in [0.4, 0.5) is 0 Å². The van der Waals surface area contributed by atoms with E-state index in [-0.39, 0.29) is 0 Å². The van der Waals surface area contributed by atoms with Gasteiger partial charge in [0.25, 0.3) is 0 Å². The Morgan fingerprint density at radius 2 is 1.54 bits per heavy atom. The largest absolute Gasteiger partial charge is 0.493 e. The Bertz CT molecular complexity index is 736. The predicted octanol–water partition coefficient (Wildman–Crippen LogP) is 4.21. The summed E-state index contributed by atoms with van der Waals surface area (Å²) in [6, 6.07) is 11.1. The Hall–Kier alpha value is -2.11. The SMILES string of the molecule is COc1cc(CCc2cccc(OC(=O)C(Cl)Cl)c2)cc(OC)c1OC. The Labute approximate surface area is 162 Å². The highest BCUT2D eigenvalue weighted by Gasteiger charge is 2.15. The van der Waals surface area contributed by atoms with Crippen LogP contribution in [0.3, 0.4) is 0 Å². The highest BCUT2D eigenvalue weighted by atomic mass is 35.5. The molecule has 0 bridgehead atoms. The first kappa shape index (κ1) is 20.2. The van der Waals surface area contributed by atoms with E-state index >= 15 is 0 Å². The smallest absolute Gasteiger partial charge is 0.344 e. The van der Waals surface area contributed by atoms with Gasteiger partial charge in [-0.15, -0.1) is 0 Å². The van der Waals surface area contributed by atoms with E-state index in [4.69, 9.17) is 42.1 Å². The fourth-order valence-electron chi connectivity index (χ4n) is 2.49. The minimum atomic E-state index is -1.21. The average molecular weight is 399 g/mol. The molecule has 0 spiro atoms. The third-order valence-electron chi connectivity index (χ3n) is 3.72. The number of aryl methyl sites for hydroxylation is 2. The molecule has 0 radical (unpaired) electrons. The predicted molar refractivity (Wildman–Crippen MR) is 101 cm³/mol. The van der Waals surface area contributed by atoms with Gasteiger partial charge in [-0.1, -0.05) is 35.3 Å². The summed E-state index contributed by atoms with van der Waals surface area (Å²) in [4.78, 5) is 10.3. The lowest BCUT2D eigenvalue weighted by Gasteiger charge is -2.14. The number of halogens is 2. The second-order valence-corrected chi connectivity index (χ2v) is 6.50. The molecular weight excluding hydrogens is 379 g/mol. The van der Waals surface area contributed by atoms with E-state index in [1.54, 1.807) is 33.5 Å². The molecule has 2 rings (SSSR count). The molecule has 0 saturated carbocycles. The lowest BCUT2D eigenvalue weighted by molar-refractivity contribution is -0.132. The van der Waals surface area contributed by atoms with Crippen LogP contribution in [-0.2, 0) is 17.6 Å². The number of esters is 1. The number of carbonyl (C=O) groups is 1. The summed E-state index contributed by atoms with van der Waals surface area (Å²) in [5.41, 5.74) is 2.04. The summed E-state index contributed by atoms with van der Waals surface area (Å²) in [5, 5.41) is 0. The minimum Gasteiger partial charge on any atom is -0.493 e. The number of hydrogen-bond donors (Lipinski definition) is 0. The number of hydrogen-bond acceptors (Lipinski definition) is 5. The molecule has 0 fully saturated rings. The topological polar surface area (TPSA) is 54.0 Å². The molecule has 0 saturated heterocycles. The summed E-state index contributed by atoms with van der Waals surface area (Å²) >= 11 is 11.0. The van der Waals surface area contributed by atoms with Gasteiger partial charge in [-0.25, -0.2) is 4.79 Å². The molecule has 0 heterocycles. The lowest BCUT2D eigenvalue weighted by atomic mass is 10.0. The van der Waals surface area contributed by atoms with Gasteiger partial charge in [0.1, 0.15) is 5.75 Å². The molecule has 0 unspecified atom stereocenters. The van der Waals surface area contributed by atoms with E-state index in [1.807, 2.05) is 24.3 Å². The van der Waals surface area contributed by atoms with Crippen LogP contribution in [0, 0.1) is 0 Å². The van der Waals surface area contributed by atoms with E-state index in [1.165, 1.54) is 0 Å². The van der Waals surface area contributed by atoms with Crippen LogP contribution in [0.25, 0.3) is 0 Å². The maximum atomic E-state index is 11.5. The van der Waals surface area contributed by atoms with Crippen LogP contribution >= 0.6 is 23.2 Å².